The molecule has 0 aliphatic rings. The number of hydrogen-bond donors (Lipinski definition) is 1. The molecule has 0 aliphatic heterocycles. The number of anilines is 1. The molecule has 2 nitrogen and oxygen atoms in total. The molecule has 0 aromatic heterocycles. The number of nitrogens with zero attached hydrogens (tertiary/aromatic N) is 1. The third kappa shape index (κ3) is 4.67. The first-order chi connectivity index (χ1) is 9.63. The maximum Gasteiger partial charge on any atom is 0.123 e. The lowest BCUT2D eigenvalue weighted by Gasteiger charge is -2.17. The number of nitrogens with one attached hydrogen (secondary N) is 1. The third-order valence-electron chi connectivity index (χ3n) is 3.20. The average Bonchev–Trinajstić information content (AvgIpc) is 2.41. The predicted molar refractivity (Wildman–Crippen MR) is 82.4 cm³/mol. The first-order valence-corrected chi connectivity index (χ1v) is 6.87. The van der Waals surface area contributed by atoms with Crippen LogP contribution in [0.2, 0.25) is 0 Å². The highest BCUT2D eigenvalue weighted by Gasteiger charge is 2.00. The molecule has 2 aromatic carbocycles. The van der Waals surface area contributed by atoms with Crippen molar-refractivity contribution in [2.75, 3.05) is 25.5 Å². The zero-order chi connectivity index (χ0) is 14.4. The van der Waals surface area contributed by atoms with E-state index in [2.05, 4.69) is 48.5 Å². The van der Waals surface area contributed by atoms with E-state index in [-0.39, 0.29) is 5.82 Å². The van der Waals surface area contributed by atoms with Crippen molar-refractivity contribution in [2.45, 2.75) is 13.5 Å². The van der Waals surface area contributed by atoms with E-state index >= 15 is 0 Å². The Labute approximate surface area is 120 Å². The zero-order valence-corrected chi connectivity index (χ0v) is 12.1. The van der Waals surface area contributed by atoms with E-state index in [1.807, 2.05) is 0 Å². The van der Waals surface area contributed by atoms with Gasteiger partial charge in [0, 0.05) is 25.3 Å². The number of aryl methyl sites for hydroxylation is 1. The molecule has 106 valence electrons. The number of hydrogen-bond acceptors (Lipinski definition) is 2. The molecule has 0 fully saturated rings. The third-order valence-corrected chi connectivity index (χ3v) is 3.20. The molecule has 0 heterocycles. The maximum absolute atomic E-state index is 12.8. The van der Waals surface area contributed by atoms with Gasteiger partial charge in [-0.2, -0.15) is 0 Å². The molecule has 0 amide bonds. The fraction of sp³-hybridized carbons (Fsp3) is 0.294. The highest BCUT2D eigenvalue weighted by molar-refractivity contribution is 5.42. The summed E-state index contributed by atoms with van der Waals surface area (Å²) < 4.78 is 12.8. The first kappa shape index (κ1) is 14.5. The summed E-state index contributed by atoms with van der Waals surface area (Å²) in [4.78, 5) is 2.27. The van der Waals surface area contributed by atoms with Gasteiger partial charge in [-0.05, 0) is 43.8 Å². The summed E-state index contributed by atoms with van der Waals surface area (Å²) in [6.45, 7) is 4.83. The molecule has 20 heavy (non-hydrogen) atoms. The lowest BCUT2D eigenvalue weighted by Crippen LogP contribution is -2.24. The van der Waals surface area contributed by atoms with Gasteiger partial charge in [-0.1, -0.05) is 29.8 Å². The molecule has 0 aliphatic carbocycles. The molecule has 0 radical (unpaired) electrons. The Morgan fingerprint density at radius 1 is 1.10 bits per heavy atom. The van der Waals surface area contributed by atoms with Crippen molar-refractivity contribution in [3.63, 3.8) is 0 Å². The van der Waals surface area contributed by atoms with Crippen LogP contribution in [-0.4, -0.2) is 25.0 Å². The number of benzene rings is 2. The van der Waals surface area contributed by atoms with Crippen molar-refractivity contribution in [2.24, 2.45) is 0 Å². The second kappa shape index (κ2) is 7.06. The van der Waals surface area contributed by atoms with E-state index in [0.717, 1.165) is 25.3 Å². The van der Waals surface area contributed by atoms with Crippen LogP contribution in [0.25, 0.3) is 0 Å². The van der Waals surface area contributed by atoms with Gasteiger partial charge in [0.15, 0.2) is 0 Å². The molecule has 3 heteroatoms. The molecule has 0 saturated heterocycles. The van der Waals surface area contributed by atoms with Gasteiger partial charge < -0.3 is 10.2 Å². The Bertz CT molecular complexity index is 537. The quantitative estimate of drug-likeness (QED) is 0.863. The summed E-state index contributed by atoms with van der Waals surface area (Å²) >= 11 is 0. The summed E-state index contributed by atoms with van der Waals surface area (Å²) in [6, 6.07) is 15.0. The molecule has 0 saturated carbocycles. The summed E-state index contributed by atoms with van der Waals surface area (Å²) in [5, 5.41) is 3.29. The van der Waals surface area contributed by atoms with Crippen molar-refractivity contribution >= 4 is 5.69 Å². The lowest BCUT2D eigenvalue weighted by atomic mass is 10.1. The van der Waals surface area contributed by atoms with Crippen LogP contribution < -0.4 is 5.32 Å². The van der Waals surface area contributed by atoms with Crippen LogP contribution in [0.15, 0.2) is 48.5 Å². The Morgan fingerprint density at radius 2 is 1.85 bits per heavy atom. The Kier molecular flexibility index (Phi) is 5.13. The van der Waals surface area contributed by atoms with Crippen molar-refractivity contribution in [1.82, 2.24) is 4.90 Å². The van der Waals surface area contributed by atoms with Gasteiger partial charge in [-0.25, -0.2) is 4.39 Å². The first-order valence-electron chi connectivity index (χ1n) is 6.87. The summed E-state index contributed by atoms with van der Waals surface area (Å²) in [5.74, 6) is -0.202. The molecule has 2 aromatic rings. The highest BCUT2D eigenvalue weighted by atomic mass is 19.1. The molecule has 1 N–H and O–H groups in total. The largest absolute Gasteiger partial charge is 0.384 e. The van der Waals surface area contributed by atoms with E-state index < -0.39 is 0 Å². The fourth-order valence-electron chi connectivity index (χ4n) is 2.16. The van der Waals surface area contributed by atoms with Crippen LogP contribution in [0.5, 0.6) is 0 Å². The summed E-state index contributed by atoms with van der Waals surface area (Å²) in [6.07, 6.45) is 0. The van der Waals surface area contributed by atoms with E-state index in [0.29, 0.717) is 0 Å². The van der Waals surface area contributed by atoms with Crippen LogP contribution in [0.3, 0.4) is 0 Å². The van der Waals surface area contributed by atoms with Crippen molar-refractivity contribution in [1.29, 1.82) is 0 Å². The van der Waals surface area contributed by atoms with E-state index in [4.69, 9.17) is 0 Å². The molecule has 0 spiro atoms. The molecular weight excluding hydrogens is 251 g/mol. The predicted octanol–water partition coefficient (Wildman–Crippen LogP) is 3.68. The van der Waals surface area contributed by atoms with Crippen LogP contribution in [0.4, 0.5) is 10.1 Å². The Morgan fingerprint density at radius 3 is 2.55 bits per heavy atom. The topological polar surface area (TPSA) is 15.3 Å². The monoisotopic (exact) mass is 272 g/mol. The number of likely N-dealkylation sites (N-methyl/N-ethyl adjacent to an activating group) is 1. The minimum Gasteiger partial charge on any atom is -0.384 e. The minimum absolute atomic E-state index is 0.202. The second-order valence-electron chi connectivity index (χ2n) is 5.16. The van der Waals surface area contributed by atoms with Crippen molar-refractivity contribution in [3.05, 3.63) is 65.5 Å². The van der Waals surface area contributed by atoms with E-state index in [9.17, 15) is 4.39 Å². The van der Waals surface area contributed by atoms with E-state index in [1.165, 1.54) is 23.3 Å². The summed E-state index contributed by atoms with van der Waals surface area (Å²) in [7, 11) is 2.11. The molecule has 0 unspecified atom stereocenters. The molecule has 2 rings (SSSR count). The van der Waals surface area contributed by atoms with Gasteiger partial charge >= 0.3 is 0 Å². The summed E-state index contributed by atoms with van der Waals surface area (Å²) in [5.41, 5.74) is 3.57. The SMILES string of the molecule is Cc1cccc(CN(C)CCNc2ccc(F)cc2)c1. The van der Waals surface area contributed by atoms with Crippen LogP contribution in [-0.2, 0) is 6.54 Å². The highest BCUT2D eigenvalue weighted by Crippen LogP contribution is 2.09. The average molecular weight is 272 g/mol. The molecular formula is C17H21FN2. The maximum atomic E-state index is 12.8. The van der Waals surface area contributed by atoms with Crippen molar-refractivity contribution in [3.8, 4) is 0 Å². The smallest absolute Gasteiger partial charge is 0.123 e. The number of halogens is 1. The number of rotatable bonds is 6. The van der Waals surface area contributed by atoms with Crippen LogP contribution >= 0.6 is 0 Å². The van der Waals surface area contributed by atoms with Gasteiger partial charge in [0.1, 0.15) is 5.82 Å². The van der Waals surface area contributed by atoms with Gasteiger partial charge in [-0.15, -0.1) is 0 Å². The van der Waals surface area contributed by atoms with Gasteiger partial charge in [0.05, 0.1) is 0 Å². The molecule has 0 bridgehead atoms. The normalized spacial score (nSPS) is 10.8. The Balaban J connectivity index is 1.75. The van der Waals surface area contributed by atoms with Gasteiger partial charge in [0.2, 0.25) is 0 Å². The minimum atomic E-state index is -0.202. The van der Waals surface area contributed by atoms with Crippen LogP contribution in [0.1, 0.15) is 11.1 Å². The fourth-order valence-corrected chi connectivity index (χ4v) is 2.16. The van der Waals surface area contributed by atoms with Crippen LogP contribution in [0, 0.1) is 12.7 Å². The van der Waals surface area contributed by atoms with Gasteiger partial charge in [0.25, 0.3) is 0 Å². The zero-order valence-electron chi connectivity index (χ0n) is 12.1. The molecule has 0 atom stereocenters. The van der Waals surface area contributed by atoms with E-state index in [1.54, 1.807) is 12.1 Å². The second-order valence-corrected chi connectivity index (χ2v) is 5.16. The van der Waals surface area contributed by atoms with Crippen molar-refractivity contribution < 1.29 is 4.39 Å². The van der Waals surface area contributed by atoms with Gasteiger partial charge in [-0.3, -0.25) is 0 Å². The Hall–Kier alpha value is -1.87. The standard InChI is InChI=1S/C17H21FN2/c1-14-4-3-5-15(12-14)13-20(2)11-10-19-17-8-6-16(18)7-9-17/h3-9,12,19H,10-11,13H2,1-2H3. The lowest BCUT2D eigenvalue weighted by molar-refractivity contribution is 0.340.